The van der Waals surface area contributed by atoms with Crippen LogP contribution in [-0.4, -0.2) is 6.61 Å². The van der Waals surface area contributed by atoms with E-state index in [1.807, 2.05) is 32.0 Å². The van der Waals surface area contributed by atoms with Crippen molar-refractivity contribution in [2.75, 3.05) is 6.61 Å². The average molecular weight is 349 g/mol. The largest absolute Gasteiger partial charge is 0.493 e. The fraction of sp³-hybridized carbons (Fsp3) is 0.333. The minimum absolute atomic E-state index is 0.166. The second kappa shape index (κ2) is 5.80. The average Bonchev–Trinajstić information content (AvgIpc) is 2.45. The van der Waals surface area contributed by atoms with Crippen molar-refractivity contribution >= 4 is 15.9 Å². The predicted octanol–water partition coefficient (Wildman–Crippen LogP) is 5.44. The Kier molecular flexibility index (Phi) is 4.03. The summed E-state index contributed by atoms with van der Waals surface area (Å²) in [5.41, 5.74) is 4.42. The van der Waals surface area contributed by atoms with Gasteiger partial charge in [-0.2, -0.15) is 0 Å². The summed E-state index contributed by atoms with van der Waals surface area (Å²) in [6.07, 6.45) is 0.961. The summed E-state index contributed by atoms with van der Waals surface area (Å²) in [7, 11) is 0. The Morgan fingerprint density at radius 3 is 2.57 bits per heavy atom. The highest BCUT2D eigenvalue weighted by atomic mass is 79.9. The number of para-hydroxylation sites is 1. The van der Waals surface area contributed by atoms with Gasteiger partial charge in [0.2, 0.25) is 0 Å². The van der Waals surface area contributed by atoms with Gasteiger partial charge in [0.15, 0.2) is 0 Å². The molecule has 2 aromatic carbocycles. The van der Waals surface area contributed by atoms with Crippen molar-refractivity contribution in [1.82, 2.24) is 0 Å². The molecule has 3 rings (SSSR count). The quantitative estimate of drug-likeness (QED) is 0.656. The third-order valence-electron chi connectivity index (χ3n) is 4.19. The summed E-state index contributed by atoms with van der Waals surface area (Å²) < 4.78 is 19.3. The monoisotopic (exact) mass is 348 g/mol. The lowest BCUT2D eigenvalue weighted by molar-refractivity contribution is 0.266. The van der Waals surface area contributed by atoms with Crippen LogP contribution in [0.4, 0.5) is 4.39 Å². The van der Waals surface area contributed by atoms with Crippen LogP contribution in [0.1, 0.15) is 39.4 Å². The summed E-state index contributed by atoms with van der Waals surface area (Å²) in [6, 6.07) is 11.4. The van der Waals surface area contributed by atoms with Crippen molar-refractivity contribution in [3.8, 4) is 5.75 Å². The lowest BCUT2D eigenvalue weighted by Gasteiger charge is -2.31. The molecule has 0 bridgehead atoms. The first-order valence-corrected chi connectivity index (χ1v) is 8.12. The normalized spacial score (nSPS) is 18.8. The smallest absolute Gasteiger partial charge is 0.123 e. The zero-order chi connectivity index (χ0) is 15.0. The van der Waals surface area contributed by atoms with Crippen molar-refractivity contribution in [2.45, 2.75) is 31.0 Å². The molecule has 0 saturated heterocycles. The zero-order valence-electron chi connectivity index (χ0n) is 12.2. The summed E-state index contributed by atoms with van der Waals surface area (Å²) >= 11 is 3.87. The van der Waals surface area contributed by atoms with Gasteiger partial charge in [-0.15, -0.1) is 0 Å². The highest BCUT2D eigenvalue weighted by Crippen LogP contribution is 2.47. The Morgan fingerprint density at radius 1 is 1.19 bits per heavy atom. The van der Waals surface area contributed by atoms with Crippen LogP contribution in [-0.2, 0) is 0 Å². The number of hydrogen-bond donors (Lipinski definition) is 0. The fourth-order valence-corrected chi connectivity index (χ4v) is 4.50. The molecule has 1 nitrogen and oxygen atoms in total. The van der Waals surface area contributed by atoms with Crippen LogP contribution in [0, 0.1) is 19.7 Å². The van der Waals surface area contributed by atoms with Gasteiger partial charge >= 0.3 is 0 Å². The Bertz CT molecular complexity index is 645. The molecule has 1 aliphatic heterocycles. The highest BCUT2D eigenvalue weighted by molar-refractivity contribution is 9.09. The van der Waals surface area contributed by atoms with E-state index in [-0.39, 0.29) is 10.6 Å². The van der Waals surface area contributed by atoms with Gasteiger partial charge in [-0.25, -0.2) is 4.39 Å². The van der Waals surface area contributed by atoms with Crippen LogP contribution in [0.25, 0.3) is 0 Å². The van der Waals surface area contributed by atoms with E-state index in [4.69, 9.17) is 4.74 Å². The number of rotatable bonds is 2. The third-order valence-corrected chi connectivity index (χ3v) is 5.29. The van der Waals surface area contributed by atoms with Crippen molar-refractivity contribution < 1.29 is 9.13 Å². The van der Waals surface area contributed by atoms with Crippen molar-refractivity contribution in [1.29, 1.82) is 0 Å². The number of alkyl halides is 1. The molecule has 110 valence electrons. The molecule has 1 heterocycles. The van der Waals surface area contributed by atoms with Crippen molar-refractivity contribution in [2.24, 2.45) is 0 Å². The van der Waals surface area contributed by atoms with E-state index in [9.17, 15) is 4.39 Å². The summed E-state index contributed by atoms with van der Waals surface area (Å²) in [4.78, 5) is 0.170. The molecule has 0 aromatic heterocycles. The van der Waals surface area contributed by atoms with Crippen LogP contribution in [0.3, 0.4) is 0 Å². The molecule has 2 unspecified atom stereocenters. The van der Waals surface area contributed by atoms with Crippen LogP contribution in [0.15, 0.2) is 36.4 Å². The maximum atomic E-state index is 13.5. The van der Waals surface area contributed by atoms with E-state index >= 15 is 0 Å². The Morgan fingerprint density at radius 2 is 1.86 bits per heavy atom. The minimum Gasteiger partial charge on any atom is -0.493 e. The molecule has 0 fully saturated rings. The van der Waals surface area contributed by atoms with Gasteiger partial charge in [0, 0.05) is 10.7 Å². The van der Waals surface area contributed by atoms with Crippen LogP contribution < -0.4 is 4.74 Å². The summed E-state index contributed by atoms with van der Waals surface area (Å²) in [6.45, 7) is 4.68. The molecule has 1 aliphatic rings. The number of benzene rings is 2. The molecular formula is C18H18BrFO. The molecule has 21 heavy (non-hydrogen) atoms. The first-order chi connectivity index (χ1) is 10.1. The van der Waals surface area contributed by atoms with E-state index in [0.717, 1.165) is 29.9 Å². The van der Waals surface area contributed by atoms with Gasteiger partial charge in [0.25, 0.3) is 0 Å². The zero-order valence-corrected chi connectivity index (χ0v) is 13.8. The number of halogens is 2. The lowest BCUT2D eigenvalue weighted by atomic mass is 9.84. The molecule has 0 N–H and O–H groups in total. The molecule has 0 saturated carbocycles. The molecule has 0 aliphatic carbocycles. The molecule has 0 spiro atoms. The fourth-order valence-electron chi connectivity index (χ4n) is 3.23. The number of ether oxygens (including phenoxy) is 1. The molecule has 0 amide bonds. The number of hydrogen-bond acceptors (Lipinski definition) is 1. The van der Waals surface area contributed by atoms with E-state index in [1.165, 1.54) is 11.1 Å². The predicted molar refractivity (Wildman–Crippen MR) is 86.8 cm³/mol. The first-order valence-electron chi connectivity index (χ1n) is 7.20. The van der Waals surface area contributed by atoms with Gasteiger partial charge < -0.3 is 4.74 Å². The Balaban J connectivity index is 2.03. The maximum Gasteiger partial charge on any atom is 0.123 e. The topological polar surface area (TPSA) is 9.23 Å². The van der Waals surface area contributed by atoms with Gasteiger partial charge in [-0.3, -0.25) is 0 Å². The SMILES string of the molecule is Cc1cc(F)cc(C)c1C(Br)C1CCOc2ccccc21. The standard InChI is InChI=1S/C18H18BrFO/c1-11-9-13(20)10-12(2)17(11)18(19)15-7-8-21-16-6-4-3-5-14(15)16/h3-6,9-10,15,18H,7-8H2,1-2H3. The minimum atomic E-state index is -0.166. The molecule has 2 aromatic rings. The maximum absolute atomic E-state index is 13.5. The van der Waals surface area contributed by atoms with Crippen molar-refractivity contribution in [3.63, 3.8) is 0 Å². The van der Waals surface area contributed by atoms with E-state index < -0.39 is 0 Å². The van der Waals surface area contributed by atoms with E-state index in [2.05, 4.69) is 22.0 Å². The summed E-state index contributed by atoms with van der Waals surface area (Å²) in [5.74, 6) is 1.15. The second-order valence-corrected chi connectivity index (χ2v) is 6.62. The molecule has 0 radical (unpaired) electrons. The van der Waals surface area contributed by atoms with Crippen LogP contribution in [0.2, 0.25) is 0 Å². The second-order valence-electron chi connectivity index (χ2n) is 5.64. The molecule has 3 heteroatoms. The van der Waals surface area contributed by atoms with E-state index in [1.54, 1.807) is 12.1 Å². The highest BCUT2D eigenvalue weighted by Gasteiger charge is 2.30. The molecular weight excluding hydrogens is 331 g/mol. The van der Waals surface area contributed by atoms with Gasteiger partial charge in [0.1, 0.15) is 11.6 Å². The Labute approximate surface area is 133 Å². The van der Waals surface area contributed by atoms with Gasteiger partial charge in [-0.05, 0) is 60.7 Å². The number of aryl methyl sites for hydroxylation is 2. The van der Waals surface area contributed by atoms with Crippen LogP contribution in [0.5, 0.6) is 5.75 Å². The third kappa shape index (κ3) is 2.71. The van der Waals surface area contributed by atoms with Crippen LogP contribution >= 0.6 is 15.9 Å². The number of fused-ring (bicyclic) bond motifs is 1. The van der Waals surface area contributed by atoms with Gasteiger partial charge in [0.05, 0.1) is 6.61 Å². The van der Waals surface area contributed by atoms with E-state index in [0.29, 0.717) is 5.92 Å². The Hall–Kier alpha value is -1.35. The molecule has 2 atom stereocenters. The lowest BCUT2D eigenvalue weighted by Crippen LogP contribution is -2.18. The van der Waals surface area contributed by atoms with Gasteiger partial charge in [-0.1, -0.05) is 34.1 Å². The van der Waals surface area contributed by atoms with Crippen molar-refractivity contribution in [3.05, 3.63) is 64.5 Å². The summed E-state index contributed by atoms with van der Waals surface area (Å²) in [5, 5.41) is 0. The first kappa shape index (κ1) is 14.6.